The molecule has 0 aromatic carbocycles. The number of anilines is 2. The minimum atomic E-state index is -0.745. The Morgan fingerprint density at radius 1 is 1.23 bits per heavy atom. The van der Waals surface area contributed by atoms with Gasteiger partial charge >= 0.3 is 11.9 Å². The summed E-state index contributed by atoms with van der Waals surface area (Å²) in [6.45, 7) is 5.01. The van der Waals surface area contributed by atoms with Gasteiger partial charge in [0.05, 0.1) is 11.9 Å². The molecule has 0 aliphatic rings. The fourth-order valence-corrected chi connectivity index (χ4v) is 3.46. The average Bonchev–Trinajstić information content (AvgIpc) is 3.28. The van der Waals surface area contributed by atoms with Crippen molar-refractivity contribution in [3.63, 3.8) is 0 Å². The summed E-state index contributed by atoms with van der Waals surface area (Å²) in [5.41, 5.74) is 2.04. The summed E-state index contributed by atoms with van der Waals surface area (Å²) in [4.78, 5) is 41.2. The molecule has 0 saturated heterocycles. The van der Waals surface area contributed by atoms with Crippen molar-refractivity contribution in [3.8, 4) is 11.3 Å². The molecule has 9 nitrogen and oxygen atoms in total. The van der Waals surface area contributed by atoms with Gasteiger partial charge in [0, 0.05) is 30.6 Å². The van der Waals surface area contributed by atoms with Crippen LogP contribution in [0.25, 0.3) is 11.3 Å². The minimum Gasteiger partial charge on any atom is -0.462 e. The monoisotopic (exact) mass is 442 g/mol. The van der Waals surface area contributed by atoms with Gasteiger partial charge in [0.15, 0.2) is 0 Å². The van der Waals surface area contributed by atoms with Gasteiger partial charge in [-0.1, -0.05) is 0 Å². The minimum absolute atomic E-state index is 0.0131. The number of ether oxygens (including phenoxy) is 2. The van der Waals surface area contributed by atoms with E-state index in [1.54, 1.807) is 25.4 Å². The molecule has 0 spiro atoms. The lowest BCUT2D eigenvalue weighted by Crippen LogP contribution is -2.29. The second kappa shape index (κ2) is 9.98. The third-order valence-corrected chi connectivity index (χ3v) is 5.06. The summed E-state index contributed by atoms with van der Waals surface area (Å²) in [5.74, 6) is -1.22. The highest BCUT2D eigenvalue weighted by Crippen LogP contribution is 2.29. The fourth-order valence-electron chi connectivity index (χ4n) is 2.82. The van der Waals surface area contributed by atoms with Gasteiger partial charge in [-0.2, -0.15) is 16.4 Å². The lowest BCUT2D eigenvalue weighted by Gasteiger charge is -2.17. The summed E-state index contributed by atoms with van der Waals surface area (Å²) >= 11 is 1.44. The smallest absolute Gasteiger partial charge is 0.342 e. The van der Waals surface area contributed by atoms with Gasteiger partial charge in [-0.05, 0) is 36.9 Å². The van der Waals surface area contributed by atoms with E-state index < -0.39 is 17.5 Å². The van der Waals surface area contributed by atoms with Gasteiger partial charge in [0.25, 0.3) is 5.56 Å². The maximum atomic E-state index is 13.1. The Balaban J connectivity index is 2.11. The Hall–Kier alpha value is -3.53. The van der Waals surface area contributed by atoms with E-state index in [1.165, 1.54) is 22.9 Å². The summed E-state index contributed by atoms with van der Waals surface area (Å²) in [6, 6.07) is 3.60. The zero-order valence-corrected chi connectivity index (χ0v) is 18.2. The van der Waals surface area contributed by atoms with Crippen LogP contribution >= 0.6 is 11.3 Å². The molecule has 162 valence electrons. The van der Waals surface area contributed by atoms with Gasteiger partial charge in [-0.3, -0.25) is 14.6 Å². The molecule has 0 amide bonds. The fraction of sp³-hybridized carbons (Fsp3) is 0.286. The molecule has 0 saturated carbocycles. The first-order valence-corrected chi connectivity index (χ1v) is 10.5. The number of carbonyl (C=O) groups is 2. The molecule has 0 fully saturated rings. The number of aromatic nitrogens is 3. The molecule has 10 heteroatoms. The van der Waals surface area contributed by atoms with Crippen molar-refractivity contribution < 1.29 is 19.1 Å². The van der Waals surface area contributed by atoms with E-state index in [2.05, 4.69) is 15.4 Å². The van der Waals surface area contributed by atoms with Crippen LogP contribution in [-0.2, 0) is 20.8 Å². The van der Waals surface area contributed by atoms with Crippen molar-refractivity contribution in [3.05, 3.63) is 56.8 Å². The first-order valence-electron chi connectivity index (χ1n) is 9.58. The lowest BCUT2D eigenvalue weighted by atomic mass is 10.1. The zero-order chi connectivity index (χ0) is 22.4. The van der Waals surface area contributed by atoms with E-state index in [4.69, 9.17) is 9.47 Å². The predicted molar refractivity (Wildman–Crippen MR) is 117 cm³/mol. The highest BCUT2D eigenvalue weighted by atomic mass is 32.1. The Labute approximate surface area is 182 Å². The van der Waals surface area contributed by atoms with Gasteiger partial charge in [0.1, 0.15) is 30.2 Å². The number of thiophene rings is 1. The van der Waals surface area contributed by atoms with Crippen LogP contribution in [-0.4, -0.2) is 39.9 Å². The molecule has 0 atom stereocenters. The second-order valence-electron chi connectivity index (χ2n) is 6.52. The van der Waals surface area contributed by atoms with Crippen LogP contribution in [0, 0.1) is 6.92 Å². The van der Waals surface area contributed by atoms with Crippen LogP contribution in [0.15, 0.2) is 40.1 Å². The number of rotatable bonds is 8. The Bertz CT molecular complexity index is 1140. The maximum Gasteiger partial charge on any atom is 0.342 e. The van der Waals surface area contributed by atoms with Crippen LogP contribution in [0.3, 0.4) is 0 Å². The second-order valence-corrected chi connectivity index (χ2v) is 7.30. The van der Waals surface area contributed by atoms with Crippen molar-refractivity contribution in [2.24, 2.45) is 0 Å². The molecular weight excluding hydrogens is 420 g/mol. The van der Waals surface area contributed by atoms with Crippen molar-refractivity contribution >= 4 is 34.7 Å². The number of carbonyl (C=O) groups excluding carboxylic acids is 2. The van der Waals surface area contributed by atoms with E-state index >= 15 is 0 Å². The number of hydrogen-bond donors (Lipinski definition) is 1. The molecule has 0 aliphatic carbocycles. The first-order chi connectivity index (χ1) is 14.9. The molecule has 3 aromatic heterocycles. The van der Waals surface area contributed by atoms with Crippen LogP contribution in [0.2, 0.25) is 0 Å². The number of nitrogens with zero attached hydrogens (tertiary/aromatic N) is 3. The molecule has 3 heterocycles. The standard InChI is InChI=1S/C21H22N4O5S/c1-4-25-20(27)19(23-16-11-22-7-5-13(16)2)17(18(24-25)15-6-10-31-12-15)21(28)30-9-8-29-14(3)26/h5-7,10-12,23H,4,8-9H2,1-3H3. The summed E-state index contributed by atoms with van der Waals surface area (Å²) in [5, 5.41) is 11.2. The largest absolute Gasteiger partial charge is 0.462 e. The predicted octanol–water partition coefficient (Wildman–Crippen LogP) is 3.16. The summed E-state index contributed by atoms with van der Waals surface area (Å²) in [7, 11) is 0. The maximum absolute atomic E-state index is 13.1. The molecule has 1 N–H and O–H groups in total. The highest BCUT2D eigenvalue weighted by molar-refractivity contribution is 7.08. The van der Waals surface area contributed by atoms with Crippen molar-refractivity contribution in [2.45, 2.75) is 27.3 Å². The third-order valence-electron chi connectivity index (χ3n) is 4.37. The van der Waals surface area contributed by atoms with E-state index in [9.17, 15) is 14.4 Å². The van der Waals surface area contributed by atoms with Crippen molar-refractivity contribution in [1.29, 1.82) is 0 Å². The normalized spacial score (nSPS) is 10.5. The average molecular weight is 442 g/mol. The molecule has 0 bridgehead atoms. The summed E-state index contributed by atoms with van der Waals surface area (Å²) < 4.78 is 11.4. The Kier molecular flexibility index (Phi) is 7.14. The molecule has 31 heavy (non-hydrogen) atoms. The number of pyridine rings is 1. The number of hydrogen-bond acceptors (Lipinski definition) is 9. The molecular formula is C21H22N4O5S. The van der Waals surface area contributed by atoms with Gasteiger partial charge < -0.3 is 14.8 Å². The molecule has 3 rings (SSSR count). The van der Waals surface area contributed by atoms with E-state index in [1.807, 2.05) is 23.8 Å². The number of esters is 2. The Morgan fingerprint density at radius 2 is 2.00 bits per heavy atom. The molecule has 0 aliphatic heterocycles. The van der Waals surface area contributed by atoms with Crippen molar-refractivity contribution in [1.82, 2.24) is 14.8 Å². The van der Waals surface area contributed by atoms with E-state index in [-0.39, 0.29) is 24.5 Å². The quantitative estimate of drug-likeness (QED) is 0.418. The SMILES string of the molecule is CCn1nc(-c2ccsc2)c(C(=O)OCCOC(C)=O)c(Nc2cnccc2C)c1=O. The first kappa shape index (κ1) is 22.2. The van der Waals surface area contributed by atoms with Crippen LogP contribution in [0.5, 0.6) is 0 Å². The number of nitrogens with one attached hydrogen (secondary N) is 1. The Morgan fingerprint density at radius 3 is 2.65 bits per heavy atom. The van der Waals surface area contributed by atoms with E-state index in [0.717, 1.165) is 5.56 Å². The van der Waals surface area contributed by atoms with Crippen LogP contribution in [0.4, 0.5) is 11.4 Å². The zero-order valence-electron chi connectivity index (χ0n) is 17.4. The van der Waals surface area contributed by atoms with E-state index in [0.29, 0.717) is 23.5 Å². The molecule has 0 radical (unpaired) electrons. The lowest BCUT2D eigenvalue weighted by molar-refractivity contribution is -0.142. The van der Waals surface area contributed by atoms with Crippen LogP contribution in [0.1, 0.15) is 29.8 Å². The topological polar surface area (TPSA) is 112 Å². The van der Waals surface area contributed by atoms with Crippen molar-refractivity contribution in [2.75, 3.05) is 18.5 Å². The number of aryl methyl sites for hydroxylation is 2. The molecule has 3 aromatic rings. The van der Waals surface area contributed by atoms with Gasteiger partial charge in [-0.25, -0.2) is 9.48 Å². The van der Waals surface area contributed by atoms with Gasteiger partial charge in [-0.15, -0.1) is 0 Å². The molecule has 0 unspecified atom stereocenters. The summed E-state index contributed by atoms with van der Waals surface area (Å²) in [6.07, 6.45) is 3.21. The third kappa shape index (κ3) is 5.15. The van der Waals surface area contributed by atoms with Crippen LogP contribution < -0.4 is 10.9 Å². The highest BCUT2D eigenvalue weighted by Gasteiger charge is 2.26. The van der Waals surface area contributed by atoms with Gasteiger partial charge in [0.2, 0.25) is 0 Å².